The van der Waals surface area contributed by atoms with Crippen molar-refractivity contribution in [1.82, 2.24) is 15.1 Å². The zero-order chi connectivity index (χ0) is 19.5. The summed E-state index contributed by atoms with van der Waals surface area (Å²) in [7, 11) is 1.98. The number of nitrogens with one attached hydrogen (secondary N) is 1. The first-order chi connectivity index (χ1) is 13.7. The van der Waals surface area contributed by atoms with Crippen LogP contribution in [0.25, 0.3) is 0 Å². The van der Waals surface area contributed by atoms with E-state index in [0.29, 0.717) is 29.5 Å². The standard InChI is InChI=1S/C21H29N3O4.ClH/c1-22-9-6-15-7-11-23(12-8-15)21(26)17-3-2-10-24(17)20(25)16-4-5-18-19(13-16)28-14-27-18;/h4-5,13,15,17,22H,2-3,6-12,14H2,1H3;1H. The van der Waals surface area contributed by atoms with Crippen molar-refractivity contribution in [2.24, 2.45) is 5.92 Å². The lowest BCUT2D eigenvalue weighted by atomic mass is 9.93. The minimum absolute atomic E-state index is 0. The molecule has 8 heteroatoms. The summed E-state index contributed by atoms with van der Waals surface area (Å²) >= 11 is 0. The van der Waals surface area contributed by atoms with Crippen molar-refractivity contribution in [3.8, 4) is 11.5 Å². The average molecular weight is 424 g/mol. The van der Waals surface area contributed by atoms with Crippen molar-refractivity contribution in [1.29, 1.82) is 0 Å². The van der Waals surface area contributed by atoms with Gasteiger partial charge in [0.1, 0.15) is 6.04 Å². The summed E-state index contributed by atoms with van der Waals surface area (Å²) in [5.41, 5.74) is 0.551. The van der Waals surface area contributed by atoms with E-state index in [1.54, 1.807) is 23.1 Å². The summed E-state index contributed by atoms with van der Waals surface area (Å²) < 4.78 is 10.7. The molecule has 3 aliphatic heterocycles. The number of carbonyl (C=O) groups excluding carboxylic acids is 2. The van der Waals surface area contributed by atoms with Crippen LogP contribution in [0.3, 0.4) is 0 Å². The predicted octanol–water partition coefficient (Wildman–Crippen LogP) is 2.29. The van der Waals surface area contributed by atoms with E-state index in [1.165, 1.54) is 0 Å². The van der Waals surface area contributed by atoms with Gasteiger partial charge in [0, 0.05) is 25.2 Å². The monoisotopic (exact) mass is 423 g/mol. The first kappa shape index (κ1) is 21.7. The lowest BCUT2D eigenvalue weighted by Gasteiger charge is -2.35. The van der Waals surface area contributed by atoms with Crippen LogP contribution in [0.2, 0.25) is 0 Å². The zero-order valence-electron chi connectivity index (χ0n) is 16.9. The molecule has 0 radical (unpaired) electrons. The minimum atomic E-state index is -0.341. The number of piperidine rings is 1. The van der Waals surface area contributed by atoms with Gasteiger partial charge >= 0.3 is 0 Å². The minimum Gasteiger partial charge on any atom is -0.454 e. The Morgan fingerprint density at radius 2 is 1.86 bits per heavy atom. The lowest BCUT2D eigenvalue weighted by Crippen LogP contribution is -2.50. The molecule has 2 saturated heterocycles. The molecule has 0 aromatic heterocycles. The Labute approximate surface area is 178 Å². The molecule has 29 heavy (non-hydrogen) atoms. The number of halogens is 1. The molecule has 1 aromatic carbocycles. The number of benzene rings is 1. The van der Waals surface area contributed by atoms with Crippen LogP contribution in [0.1, 0.15) is 42.5 Å². The fourth-order valence-electron chi connectivity index (χ4n) is 4.46. The number of fused-ring (bicyclic) bond motifs is 1. The van der Waals surface area contributed by atoms with Crippen LogP contribution in [0.15, 0.2) is 18.2 Å². The maximum absolute atomic E-state index is 13.1. The van der Waals surface area contributed by atoms with E-state index >= 15 is 0 Å². The summed E-state index contributed by atoms with van der Waals surface area (Å²) in [5, 5.41) is 3.20. The Morgan fingerprint density at radius 1 is 1.10 bits per heavy atom. The Balaban J connectivity index is 0.00000240. The second-order valence-corrected chi connectivity index (χ2v) is 7.89. The SMILES string of the molecule is CNCCC1CCN(C(=O)C2CCCN2C(=O)c2ccc3c(c2)OCO3)CC1.Cl. The highest BCUT2D eigenvalue weighted by Crippen LogP contribution is 2.34. The number of likely N-dealkylation sites (tertiary alicyclic amines) is 2. The Hall–Kier alpha value is -1.99. The topological polar surface area (TPSA) is 71.1 Å². The van der Waals surface area contributed by atoms with E-state index in [0.717, 1.165) is 51.7 Å². The van der Waals surface area contributed by atoms with Crippen LogP contribution in [-0.4, -0.2) is 67.7 Å². The largest absolute Gasteiger partial charge is 0.454 e. The third-order valence-corrected chi connectivity index (χ3v) is 6.15. The number of carbonyl (C=O) groups is 2. The van der Waals surface area contributed by atoms with Crippen molar-refractivity contribution < 1.29 is 19.1 Å². The van der Waals surface area contributed by atoms with Crippen LogP contribution in [0, 0.1) is 5.92 Å². The van der Waals surface area contributed by atoms with Gasteiger partial charge in [0.05, 0.1) is 0 Å². The van der Waals surface area contributed by atoms with Crippen LogP contribution in [-0.2, 0) is 4.79 Å². The molecule has 3 aliphatic rings. The summed E-state index contributed by atoms with van der Waals surface area (Å²) in [5.74, 6) is 1.95. The molecule has 1 aromatic rings. The van der Waals surface area contributed by atoms with Gasteiger partial charge in [0.25, 0.3) is 5.91 Å². The quantitative estimate of drug-likeness (QED) is 0.786. The molecule has 2 fully saturated rings. The fourth-order valence-corrected chi connectivity index (χ4v) is 4.46. The summed E-state index contributed by atoms with van der Waals surface area (Å²) in [6.07, 6.45) is 4.88. The van der Waals surface area contributed by atoms with Gasteiger partial charge < -0.3 is 24.6 Å². The van der Waals surface area contributed by atoms with Crippen LogP contribution < -0.4 is 14.8 Å². The molecular formula is C21H30ClN3O4. The van der Waals surface area contributed by atoms with E-state index in [4.69, 9.17) is 9.47 Å². The highest BCUT2D eigenvalue weighted by Gasteiger charge is 2.38. The normalized spacial score (nSPS) is 21.2. The highest BCUT2D eigenvalue weighted by molar-refractivity contribution is 5.98. The van der Waals surface area contributed by atoms with Crippen LogP contribution in [0.4, 0.5) is 0 Å². The third-order valence-electron chi connectivity index (χ3n) is 6.15. The molecule has 7 nitrogen and oxygen atoms in total. The summed E-state index contributed by atoms with van der Waals surface area (Å²) in [4.78, 5) is 29.9. The number of ether oxygens (including phenoxy) is 2. The molecule has 1 unspecified atom stereocenters. The second-order valence-electron chi connectivity index (χ2n) is 7.89. The third kappa shape index (κ3) is 4.61. The number of nitrogens with zero attached hydrogens (tertiary/aromatic N) is 2. The van der Waals surface area contributed by atoms with Gasteiger partial charge in [0.2, 0.25) is 12.7 Å². The van der Waals surface area contributed by atoms with Gasteiger partial charge in [-0.2, -0.15) is 0 Å². The number of rotatable bonds is 5. The molecule has 2 amide bonds. The fraction of sp³-hybridized carbons (Fsp3) is 0.619. The van der Waals surface area contributed by atoms with Crippen molar-refractivity contribution in [2.75, 3.05) is 40.0 Å². The van der Waals surface area contributed by atoms with Gasteiger partial charge in [-0.1, -0.05) is 0 Å². The molecule has 160 valence electrons. The molecule has 1 atom stereocenters. The maximum Gasteiger partial charge on any atom is 0.254 e. The number of amides is 2. The van der Waals surface area contributed by atoms with E-state index in [9.17, 15) is 9.59 Å². The first-order valence-corrected chi connectivity index (χ1v) is 10.3. The molecular weight excluding hydrogens is 394 g/mol. The van der Waals surface area contributed by atoms with E-state index in [-0.39, 0.29) is 37.1 Å². The molecule has 0 aliphatic carbocycles. The molecule has 0 spiro atoms. The van der Waals surface area contributed by atoms with Crippen molar-refractivity contribution in [3.05, 3.63) is 23.8 Å². The molecule has 0 bridgehead atoms. The number of hydrogen-bond donors (Lipinski definition) is 1. The van der Waals surface area contributed by atoms with E-state index < -0.39 is 0 Å². The first-order valence-electron chi connectivity index (χ1n) is 10.3. The van der Waals surface area contributed by atoms with Gasteiger partial charge in [-0.15, -0.1) is 12.4 Å². The maximum atomic E-state index is 13.1. The van der Waals surface area contributed by atoms with Crippen LogP contribution >= 0.6 is 12.4 Å². The number of hydrogen-bond acceptors (Lipinski definition) is 5. The van der Waals surface area contributed by atoms with Crippen molar-refractivity contribution in [3.63, 3.8) is 0 Å². The second kappa shape index (κ2) is 9.67. The van der Waals surface area contributed by atoms with Crippen molar-refractivity contribution >= 4 is 24.2 Å². The Kier molecular flexibility index (Phi) is 7.24. The molecule has 1 N–H and O–H groups in total. The summed E-state index contributed by atoms with van der Waals surface area (Å²) in [6, 6.07) is 4.89. The molecule has 3 heterocycles. The predicted molar refractivity (Wildman–Crippen MR) is 112 cm³/mol. The van der Waals surface area contributed by atoms with Crippen LogP contribution in [0.5, 0.6) is 11.5 Å². The summed E-state index contributed by atoms with van der Waals surface area (Å²) in [6.45, 7) is 3.44. The Morgan fingerprint density at radius 3 is 2.62 bits per heavy atom. The molecule has 0 saturated carbocycles. The highest BCUT2D eigenvalue weighted by atomic mass is 35.5. The van der Waals surface area contributed by atoms with Gasteiger partial charge in [0.15, 0.2) is 11.5 Å². The zero-order valence-corrected chi connectivity index (χ0v) is 17.7. The van der Waals surface area contributed by atoms with Crippen molar-refractivity contribution in [2.45, 2.75) is 38.1 Å². The Bertz CT molecular complexity index is 737. The molecule has 4 rings (SSSR count). The van der Waals surface area contributed by atoms with Gasteiger partial charge in [-0.25, -0.2) is 0 Å². The smallest absolute Gasteiger partial charge is 0.254 e. The van der Waals surface area contributed by atoms with E-state index in [2.05, 4.69) is 5.32 Å². The van der Waals surface area contributed by atoms with E-state index in [1.807, 2.05) is 11.9 Å². The van der Waals surface area contributed by atoms with Gasteiger partial charge in [-0.3, -0.25) is 9.59 Å². The average Bonchev–Trinajstić information content (AvgIpc) is 3.40. The lowest BCUT2D eigenvalue weighted by molar-refractivity contribution is -0.136. The van der Waals surface area contributed by atoms with Gasteiger partial charge in [-0.05, 0) is 69.8 Å².